The number of hydrogen-bond donors (Lipinski definition) is 2. The van der Waals surface area contributed by atoms with Gasteiger partial charge in [-0.05, 0) is 42.5 Å². The minimum Gasteiger partial charge on any atom is -0.493 e. The Morgan fingerprint density at radius 3 is 2.55 bits per heavy atom. The third kappa shape index (κ3) is 6.23. The van der Waals surface area contributed by atoms with Crippen LogP contribution in [-0.4, -0.2) is 32.8 Å². The number of guanidine groups is 1. The highest BCUT2D eigenvalue weighted by molar-refractivity contribution is 5.79. The molecule has 5 heteroatoms. The van der Waals surface area contributed by atoms with Crippen LogP contribution in [0.2, 0.25) is 0 Å². The van der Waals surface area contributed by atoms with E-state index in [0.717, 1.165) is 49.9 Å². The Morgan fingerprint density at radius 1 is 1.10 bits per heavy atom. The summed E-state index contributed by atoms with van der Waals surface area (Å²) in [4.78, 5) is 4.37. The maximum atomic E-state index is 6.15. The molecule has 1 saturated heterocycles. The van der Waals surface area contributed by atoms with Crippen molar-refractivity contribution < 1.29 is 9.47 Å². The number of hydrogen-bond acceptors (Lipinski definition) is 3. The zero-order chi connectivity index (χ0) is 20.5. The van der Waals surface area contributed by atoms with Gasteiger partial charge < -0.3 is 20.1 Å². The van der Waals surface area contributed by atoms with E-state index in [1.54, 1.807) is 7.05 Å². The number of rotatable bonds is 8. The molecule has 1 unspecified atom stereocenters. The van der Waals surface area contributed by atoms with Crippen LogP contribution < -0.4 is 15.4 Å². The van der Waals surface area contributed by atoms with Gasteiger partial charge in [0, 0.05) is 38.2 Å². The van der Waals surface area contributed by atoms with Gasteiger partial charge in [-0.2, -0.15) is 0 Å². The summed E-state index contributed by atoms with van der Waals surface area (Å²) in [5.74, 6) is 2.21. The average Bonchev–Trinajstić information content (AvgIpc) is 3.27. The molecule has 0 aromatic heterocycles. The van der Waals surface area contributed by atoms with E-state index in [-0.39, 0.29) is 0 Å². The lowest BCUT2D eigenvalue weighted by Gasteiger charge is -2.17. The minimum absolute atomic E-state index is 0.490. The van der Waals surface area contributed by atoms with Crippen molar-refractivity contribution >= 4 is 5.96 Å². The van der Waals surface area contributed by atoms with Gasteiger partial charge in [0.05, 0.1) is 13.2 Å². The largest absolute Gasteiger partial charge is 0.493 e. The topological polar surface area (TPSA) is 54.9 Å². The van der Waals surface area contributed by atoms with Crippen molar-refractivity contribution in [1.82, 2.24) is 10.6 Å². The molecule has 1 fully saturated rings. The second-order valence-electron chi connectivity index (χ2n) is 7.55. The number of ether oxygens (including phenoxy) is 2. The Morgan fingerprint density at radius 2 is 1.86 bits per heavy atom. The zero-order valence-corrected chi connectivity index (χ0v) is 17.8. The van der Waals surface area contributed by atoms with Gasteiger partial charge in [0.15, 0.2) is 5.96 Å². The SMILES string of the molecule is CCc1ccccc1CNC(=NC)NCc1ccc(C)cc1OCC1CCOC1. The Kier molecular flexibility index (Phi) is 7.94. The Balaban J connectivity index is 1.57. The highest BCUT2D eigenvalue weighted by Crippen LogP contribution is 2.22. The van der Waals surface area contributed by atoms with Crippen LogP contribution in [0.3, 0.4) is 0 Å². The molecular formula is C24H33N3O2. The van der Waals surface area contributed by atoms with Gasteiger partial charge in [-0.15, -0.1) is 0 Å². The van der Waals surface area contributed by atoms with Crippen LogP contribution in [0.5, 0.6) is 5.75 Å². The van der Waals surface area contributed by atoms with Gasteiger partial charge in [-0.25, -0.2) is 0 Å². The summed E-state index contributed by atoms with van der Waals surface area (Å²) in [6.45, 7) is 8.04. The van der Waals surface area contributed by atoms with Crippen LogP contribution in [0.1, 0.15) is 35.6 Å². The second kappa shape index (κ2) is 10.9. The minimum atomic E-state index is 0.490. The van der Waals surface area contributed by atoms with Crippen LogP contribution >= 0.6 is 0 Å². The van der Waals surface area contributed by atoms with Gasteiger partial charge in [-0.3, -0.25) is 4.99 Å². The molecule has 0 bridgehead atoms. The highest BCUT2D eigenvalue weighted by Gasteiger charge is 2.17. The standard InChI is InChI=1S/C24H33N3O2/c1-4-20-7-5-6-8-21(20)14-26-24(25-3)27-15-22-10-9-18(2)13-23(22)29-17-19-11-12-28-16-19/h5-10,13,19H,4,11-12,14-17H2,1-3H3,(H2,25,26,27). The lowest BCUT2D eigenvalue weighted by Crippen LogP contribution is -2.36. The van der Waals surface area contributed by atoms with Crippen molar-refractivity contribution in [2.45, 2.75) is 39.8 Å². The molecule has 2 aromatic rings. The van der Waals surface area contributed by atoms with Crippen molar-refractivity contribution in [2.24, 2.45) is 10.9 Å². The van der Waals surface area contributed by atoms with Crippen molar-refractivity contribution in [1.29, 1.82) is 0 Å². The molecule has 1 aliphatic rings. The van der Waals surface area contributed by atoms with Gasteiger partial charge in [0.1, 0.15) is 5.75 Å². The van der Waals surface area contributed by atoms with Crippen molar-refractivity contribution in [3.8, 4) is 5.75 Å². The third-order valence-electron chi connectivity index (χ3n) is 5.34. The summed E-state index contributed by atoms with van der Waals surface area (Å²) in [5, 5.41) is 6.84. The van der Waals surface area contributed by atoms with E-state index in [4.69, 9.17) is 9.47 Å². The van der Waals surface area contributed by atoms with Crippen molar-refractivity contribution in [3.05, 3.63) is 64.7 Å². The lowest BCUT2D eigenvalue weighted by atomic mass is 10.1. The van der Waals surface area contributed by atoms with E-state index >= 15 is 0 Å². The van der Waals surface area contributed by atoms with E-state index < -0.39 is 0 Å². The number of nitrogens with zero attached hydrogens (tertiary/aromatic N) is 1. The smallest absolute Gasteiger partial charge is 0.191 e. The summed E-state index contributed by atoms with van der Waals surface area (Å²) in [6.07, 6.45) is 2.11. The number of benzene rings is 2. The average molecular weight is 396 g/mol. The molecule has 3 rings (SSSR count). The van der Waals surface area contributed by atoms with Crippen molar-refractivity contribution in [2.75, 3.05) is 26.9 Å². The predicted octanol–water partition coefficient (Wildman–Crippen LogP) is 3.84. The maximum Gasteiger partial charge on any atom is 0.191 e. The Labute approximate surface area is 174 Å². The zero-order valence-electron chi connectivity index (χ0n) is 17.8. The molecular weight excluding hydrogens is 362 g/mol. The first-order chi connectivity index (χ1) is 14.2. The van der Waals surface area contributed by atoms with E-state index in [1.807, 2.05) is 0 Å². The fourth-order valence-electron chi connectivity index (χ4n) is 3.52. The van der Waals surface area contributed by atoms with Crippen LogP contribution in [-0.2, 0) is 24.2 Å². The molecule has 2 N–H and O–H groups in total. The molecule has 0 aliphatic carbocycles. The third-order valence-corrected chi connectivity index (χ3v) is 5.34. The maximum absolute atomic E-state index is 6.15. The molecule has 2 aromatic carbocycles. The summed E-state index contributed by atoms with van der Waals surface area (Å²) < 4.78 is 11.6. The first-order valence-electron chi connectivity index (χ1n) is 10.5. The van der Waals surface area contributed by atoms with Crippen LogP contribution in [0.15, 0.2) is 47.5 Å². The van der Waals surface area contributed by atoms with Gasteiger partial charge in [-0.1, -0.05) is 43.3 Å². The van der Waals surface area contributed by atoms with Crippen LogP contribution in [0.4, 0.5) is 0 Å². The summed E-state index contributed by atoms with van der Waals surface area (Å²) in [5.41, 5.74) is 4.99. The second-order valence-corrected chi connectivity index (χ2v) is 7.55. The number of aliphatic imine (C=N–C) groups is 1. The summed E-state index contributed by atoms with van der Waals surface area (Å²) >= 11 is 0. The normalized spacial score (nSPS) is 16.7. The molecule has 0 amide bonds. The van der Waals surface area contributed by atoms with Gasteiger partial charge in [0.25, 0.3) is 0 Å². The first-order valence-corrected chi connectivity index (χ1v) is 10.5. The summed E-state index contributed by atoms with van der Waals surface area (Å²) in [7, 11) is 1.80. The molecule has 0 spiro atoms. The molecule has 1 atom stereocenters. The Hall–Kier alpha value is -2.53. The first kappa shape index (κ1) is 21.2. The molecule has 0 radical (unpaired) electrons. The molecule has 1 heterocycles. The van der Waals surface area contributed by atoms with Crippen LogP contribution in [0, 0.1) is 12.8 Å². The molecule has 0 saturated carbocycles. The molecule has 1 aliphatic heterocycles. The molecule has 5 nitrogen and oxygen atoms in total. The van der Waals surface area contributed by atoms with Crippen molar-refractivity contribution in [3.63, 3.8) is 0 Å². The monoisotopic (exact) mass is 395 g/mol. The fraction of sp³-hybridized carbons (Fsp3) is 0.458. The lowest BCUT2D eigenvalue weighted by molar-refractivity contribution is 0.166. The summed E-state index contributed by atoms with van der Waals surface area (Å²) in [6, 6.07) is 14.9. The fourth-order valence-corrected chi connectivity index (χ4v) is 3.52. The van der Waals surface area contributed by atoms with E-state index in [0.29, 0.717) is 19.1 Å². The van der Waals surface area contributed by atoms with Gasteiger partial charge in [0.2, 0.25) is 0 Å². The molecule has 29 heavy (non-hydrogen) atoms. The van der Waals surface area contributed by atoms with E-state index in [1.165, 1.54) is 16.7 Å². The quantitative estimate of drug-likeness (QED) is 0.527. The van der Waals surface area contributed by atoms with E-state index in [2.05, 4.69) is 71.9 Å². The number of aryl methyl sites for hydroxylation is 2. The predicted molar refractivity (Wildman–Crippen MR) is 118 cm³/mol. The van der Waals surface area contributed by atoms with Crippen LogP contribution in [0.25, 0.3) is 0 Å². The highest BCUT2D eigenvalue weighted by atomic mass is 16.5. The Bertz CT molecular complexity index is 814. The van der Waals surface area contributed by atoms with E-state index in [9.17, 15) is 0 Å². The number of nitrogens with one attached hydrogen (secondary N) is 2. The van der Waals surface area contributed by atoms with Gasteiger partial charge >= 0.3 is 0 Å². The molecule has 156 valence electrons.